The molecule has 0 aromatic carbocycles. The molecule has 0 aromatic rings. The zero-order valence-corrected chi connectivity index (χ0v) is 32.0. The van der Waals surface area contributed by atoms with Gasteiger partial charge in [0.1, 0.15) is 12.1 Å². The van der Waals surface area contributed by atoms with Crippen molar-refractivity contribution in [3.63, 3.8) is 0 Å². The van der Waals surface area contributed by atoms with E-state index in [2.05, 4.69) is 35.1 Å². The molecule has 13 heteroatoms. The van der Waals surface area contributed by atoms with Crippen LogP contribution in [0.15, 0.2) is 0 Å². The van der Waals surface area contributed by atoms with Crippen molar-refractivity contribution in [2.45, 2.75) is 172 Å². The Bertz CT molecular complexity index is 1480. The number of nitrogens with zero attached hydrogens (tertiary/aromatic N) is 1. The van der Waals surface area contributed by atoms with Crippen molar-refractivity contribution in [3.8, 4) is 0 Å². The Morgan fingerprint density at radius 2 is 1.49 bits per heavy atom. The molecule has 4 aliphatic carbocycles. The van der Waals surface area contributed by atoms with Gasteiger partial charge in [0.25, 0.3) is 5.91 Å². The van der Waals surface area contributed by atoms with Crippen LogP contribution >= 0.6 is 0 Å². The number of unbranched alkanes of at least 4 members (excludes halogenated alkanes) is 1. The third-order valence-electron chi connectivity index (χ3n) is 13.6. The molecule has 286 valence electrons. The van der Waals surface area contributed by atoms with Gasteiger partial charge in [0.15, 0.2) is 9.84 Å². The van der Waals surface area contributed by atoms with Crippen LogP contribution in [-0.2, 0) is 29.0 Å². The average Bonchev–Trinajstić information content (AvgIpc) is 3.87. The highest BCUT2D eigenvalue weighted by atomic mass is 32.2. The molecule has 6 aliphatic rings. The maximum Gasteiger partial charge on any atom is 0.315 e. The number of urea groups is 1. The van der Waals surface area contributed by atoms with Crippen molar-refractivity contribution < 1.29 is 32.4 Å². The van der Waals surface area contributed by atoms with E-state index in [0.717, 1.165) is 70.6 Å². The lowest BCUT2D eigenvalue weighted by atomic mass is 9.70. The van der Waals surface area contributed by atoms with Crippen molar-refractivity contribution in [2.75, 3.05) is 12.3 Å². The Morgan fingerprint density at radius 3 is 2.08 bits per heavy atom. The number of hydrogen-bond donors (Lipinski definition) is 4. The largest absolute Gasteiger partial charge is 0.347 e. The Morgan fingerprint density at radius 1 is 0.843 bits per heavy atom. The predicted molar refractivity (Wildman–Crippen MR) is 193 cm³/mol. The zero-order chi connectivity index (χ0) is 36.8. The lowest BCUT2D eigenvalue weighted by Crippen LogP contribution is -2.66. The minimum atomic E-state index is -3.35. The third-order valence-corrected chi connectivity index (χ3v) is 16.1. The summed E-state index contributed by atoms with van der Waals surface area (Å²) < 4.78 is 26.4. The molecule has 6 rings (SSSR count). The molecule has 51 heavy (non-hydrogen) atoms. The fourth-order valence-electron chi connectivity index (χ4n) is 10.3. The van der Waals surface area contributed by atoms with Crippen molar-refractivity contribution in [3.05, 3.63) is 0 Å². The van der Waals surface area contributed by atoms with Crippen LogP contribution in [0.2, 0.25) is 0 Å². The standard InChI is InChI=1S/C38H61N5O7S/c1-5-6-14-26(30(44)33(46)39-24-16-17-24)40-32(45)29-28-25(36(28,2)3)23-43(29)34(47)31(37(4)18-9-7-10-19-37)41-35(48)42-38(20-11-8-12-21-38)27-15-13-22-51(27,49)50/h24-29,31H,5-23H2,1-4H3,(H,39,46)(H,40,45)(H2,41,42,48)/t25-,26+,27-,28-,29+,31-/m1/s1. The van der Waals surface area contributed by atoms with Gasteiger partial charge in [-0.1, -0.05) is 79.1 Å². The highest BCUT2D eigenvalue weighted by Gasteiger charge is 2.70. The molecule has 0 radical (unpaired) electrons. The number of likely N-dealkylation sites (tertiary alicyclic amines) is 1. The molecule has 4 N–H and O–H groups in total. The van der Waals surface area contributed by atoms with Crippen LogP contribution < -0.4 is 21.3 Å². The molecule has 2 aliphatic heterocycles. The number of carbonyl (C=O) groups is 5. The first-order chi connectivity index (χ1) is 24.1. The molecule has 6 fully saturated rings. The average molecular weight is 732 g/mol. The van der Waals surface area contributed by atoms with Gasteiger partial charge in [-0.25, -0.2) is 13.2 Å². The maximum absolute atomic E-state index is 14.9. The van der Waals surface area contributed by atoms with Gasteiger partial charge in [0.2, 0.25) is 17.6 Å². The van der Waals surface area contributed by atoms with Crippen molar-refractivity contribution in [1.82, 2.24) is 26.2 Å². The van der Waals surface area contributed by atoms with E-state index >= 15 is 0 Å². The second kappa shape index (κ2) is 14.6. The normalized spacial score (nSPS) is 31.0. The van der Waals surface area contributed by atoms with Crippen molar-refractivity contribution in [1.29, 1.82) is 0 Å². The fourth-order valence-corrected chi connectivity index (χ4v) is 12.6. The first-order valence-corrected chi connectivity index (χ1v) is 21.6. The highest BCUT2D eigenvalue weighted by molar-refractivity contribution is 7.92. The van der Waals surface area contributed by atoms with Gasteiger partial charge >= 0.3 is 6.03 Å². The van der Waals surface area contributed by atoms with Gasteiger partial charge in [-0.05, 0) is 80.5 Å². The molecule has 0 unspecified atom stereocenters. The molecule has 2 heterocycles. The summed E-state index contributed by atoms with van der Waals surface area (Å²) in [6, 6.07) is -3.26. The Hall–Kier alpha value is -2.70. The summed E-state index contributed by atoms with van der Waals surface area (Å²) in [6.45, 7) is 8.59. The summed E-state index contributed by atoms with van der Waals surface area (Å²) in [5.74, 6) is -1.97. The number of Topliss-reactive ketones (excluding diaryl/α,β-unsaturated/α-hetero) is 1. The van der Waals surface area contributed by atoms with E-state index in [9.17, 15) is 32.4 Å². The third kappa shape index (κ3) is 7.70. The van der Waals surface area contributed by atoms with Crippen molar-refractivity contribution in [2.24, 2.45) is 22.7 Å². The molecule has 6 atom stereocenters. The van der Waals surface area contributed by atoms with E-state index in [1.165, 1.54) is 0 Å². The van der Waals surface area contributed by atoms with Crippen LogP contribution in [0.1, 0.15) is 137 Å². The first kappa shape index (κ1) is 38.0. The van der Waals surface area contributed by atoms with Crippen LogP contribution in [0, 0.1) is 22.7 Å². The number of sulfone groups is 1. The summed E-state index contributed by atoms with van der Waals surface area (Å²) in [5, 5.41) is 11.3. The van der Waals surface area contributed by atoms with E-state index in [-0.39, 0.29) is 35.0 Å². The van der Waals surface area contributed by atoms with Crippen LogP contribution in [0.5, 0.6) is 0 Å². The van der Waals surface area contributed by atoms with Gasteiger partial charge in [0, 0.05) is 12.6 Å². The maximum atomic E-state index is 14.9. The van der Waals surface area contributed by atoms with Gasteiger partial charge in [-0.2, -0.15) is 0 Å². The van der Waals surface area contributed by atoms with Crippen LogP contribution in [0.4, 0.5) is 4.79 Å². The molecular weight excluding hydrogens is 671 g/mol. The number of nitrogens with one attached hydrogen (secondary N) is 4. The number of piperidine rings is 1. The topological polar surface area (TPSA) is 171 Å². The number of ketones is 1. The SMILES string of the molecule is CCCC[C@H](NC(=O)[C@@H]1[C@H]2[C@@H](CN1C(=O)[C@@H](NC(=O)NC1([C@H]3CCCS3(=O)=O)CCCCC1)C1(C)CCCCC1)C2(C)C)C(=O)C(=O)NC1CC1. The summed E-state index contributed by atoms with van der Waals surface area (Å²) in [7, 11) is -3.35. The van der Waals surface area contributed by atoms with E-state index < -0.39 is 67.8 Å². The Kier molecular flexibility index (Phi) is 10.9. The summed E-state index contributed by atoms with van der Waals surface area (Å²) in [6.07, 6.45) is 12.7. The number of amides is 5. The minimum absolute atomic E-state index is 0.0123. The van der Waals surface area contributed by atoms with Crippen molar-refractivity contribution >= 4 is 39.4 Å². The zero-order valence-electron chi connectivity index (χ0n) is 31.2. The van der Waals surface area contributed by atoms with Gasteiger partial charge in [-0.15, -0.1) is 0 Å². The van der Waals surface area contributed by atoms with Gasteiger partial charge in [-0.3, -0.25) is 19.2 Å². The van der Waals surface area contributed by atoms with Crippen LogP contribution in [0.25, 0.3) is 0 Å². The molecule has 4 saturated carbocycles. The molecule has 0 spiro atoms. The van der Waals surface area contributed by atoms with Gasteiger partial charge < -0.3 is 26.2 Å². The highest BCUT2D eigenvalue weighted by Crippen LogP contribution is 2.65. The molecule has 5 amide bonds. The van der Waals surface area contributed by atoms with E-state index in [0.29, 0.717) is 45.1 Å². The summed E-state index contributed by atoms with van der Waals surface area (Å²) in [4.78, 5) is 71.0. The second-order valence-electron chi connectivity index (χ2n) is 17.7. The van der Waals surface area contributed by atoms with E-state index in [1.807, 2.05) is 13.8 Å². The lowest BCUT2D eigenvalue weighted by molar-refractivity contribution is -0.146. The fraction of sp³-hybridized carbons (Fsp3) is 0.868. The number of rotatable bonds is 13. The minimum Gasteiger partial charge on any atom is -0.347 e. The number of hydrogen-bond acceptors (Lipinski definition) is 7. The molecule has 0 bridgehead atoms. The Balaban J connectivity index is 1.24. The number of carbonyl (C=O) groups excluding carboxylic acids is 5. The summed E-state index contributed by atoms with van der Waals surface area (Å²) in [5.41, 5.74) is -1.61. The van der Waals surface area contributed by atoms with Gasteiger partial charge in [0.05, 0.1) is 22.6 Å². The van der Waals surface area contributed by atoms with Crippen LogP contribution in [0.3, 0.4) is 0 Å². The molecule has 12 nitrogen and oxygen atoms in total. The van der Waals surface area contributed by atoms with E-state index in [1.54, 1.807) is 4.90 Å². The number of fused-ring (bicyclic) bond motifs is 1. The predicted octanol–water partition coefficient (Wildman–Crippen LogP) is 3.91. The second-order valence-corrected chi connectivity index (χ2v) is 20.0. The summed E-state index contributed by atoms with van der Waals surface area (Å²) >= 11 is 0. The molecule has 2 saturated heterocycles. The van der Waals surface area contributed by atoms with E-state index in [4.69, 9.17) is 0 Å². The quantitative estimate of drug-likeness (QED) is 0.208. The lowest BCUT2D eigenvalue weighted by Gasteiger charge is -2.45. The molecule has 0 aromatic heterocycles. The van der Waals surface area contributed by atoms with Crippen LogP contribution in [-0.4, -0.2) is 90.1 Å². The smallest absolute Gasteiger partial charge is 0.315 e. The molecular formula is C38H61N5O7S. The monoisotopic (exact) mass is 731 g/mol. The Labute approximate surface area is 304 Å². The first-order valence-electron chi connectivity index (χ1n) is 19.9.